The average Bonchev–Trinajstić information content (AvgIpc) is 2.54. The molecular formula is C15H28O7. The lowest BCUT2D eigenvalue weighted by molar-refractivity contribution is -0.103. The summed E-state index contributed by atoms with van der Waals surface area (Å²) in [6.45, 7) is 7.76. The molecular weight excluding hydrogens is 292 g/mol. The summed E-state index contributed by atoms with van der Waals surface area (Å²) in [7, 11) is 0. The van der Waals surface area contributed by atoms with Crippen molar-refractivity contribution in [3.63, 3.8) is 0 Å². The van der Waals surface area contributed by atoms with E-state index in [2.05, 4.69) is 13.2 Å². The first-order chi connectivity index (χ1) is 10.7. The molecule has 0 amide bonds. The Balaban J connectivity index is 3.82. The normalized spacial score (nSPS) is 15.2. The van der Waals surface area contributed by atoms with Crippen LogP contribution in [0.5, 0.6) is 0 Å². The zero-order valence-electron chi connectivity index (χ0n) is 12.9. The molecule has 0 saturated carbocycles. The predicted octanol–water partition coefficient (Wildman–Crippen LogP) is -0.492. The molecule has 7 nitrogen and oxygen atoms in total. The van der Waals surface area contributed by atoms with Gasteiger partial charge >= 0.3 is 0 Å². The van der Waals surface area contributed by atoms with Gasteiger partial charge in [0.2, 0.25) is 0 Å². The van der Waals surface area contributed by atoms with Gasteiger partial charge in [0.15, 0.2) is 0 Å². The molecule has 0 heterocycles. The van der Waals surface area contributed by atoms with Crippen molar-refractivity contribution in [1.82, 2.24) is 0 Å². The fourth-order valence-corrected chi connectivity index (χ4v) is 1.42. The van der Waals surface area contributed by atoms with E-state index in [-0.39, 0.29) is 39.6 Å². The Morgan fingerprint density at radius 2 is 1.18 bits per heavy atom. The molecule has 0 aliphatic rings. The number of aliphatic hydroxyl groups excluding tert-OH is 3. The molecule has 0 bridgehead atoms. The van der Waals surface area contributed by atoms with Crippen LogP contribution in [0, 0.1) is 0 Å². The van der Waals surface area contributed by atoms with E-state index < -0.39 is 18.3 Å². The molecule has 0 spiro atoms. The van der Waals surface area contributed by atoms with Gasteiger partial charge in [-0.3, -0.25) is 0 Å². The van der Waals surface area contributed by atoms with Gasteiger partial charge in [0, 0.05) is 0 Å². The fraction of sp³-hybridized carbons (Fsp3) is 0.733. The van der Waals surface area contributed by atoms with E-state index >= 15 is 0 Å². The maximum Gasteiger partial charge on any atom is 0.104 e. The van der Waals surface area contributed by atoms with E-state index in [1.165, 1.54) is 0 Å². The minimum absolute atomic E-state index is 0.00562. The van der Waals surface area contributed by atoms with Crippen molar-refractivity contribution >= 4 is 0 Å². The molecule has 2 atom stereocenters. The Morgan fingerprint density at radius 1 is 0.773 bits per heavy atom. The van der Waals surface area contributed by atoms with Crippen molar-refractivity contribution in [3.8, 4) is 0 Å². The summed E-state index contributed by atoms with van der Waals surface area (Å²) < 4.78 is 21.0. The summed E-state index contributed by atoms with van der Waals surface area (Å²) in [5.74, 6) is 0. The van der Waals surface area contributed by atoms with Gasteiger partial charge < -0.3 is 34.3 Å². The zero-order chi connectivity index (χ0) is 16.6. The molecule has 0 aromatic heterocycles. The van der Waals surface area contributed by atoms with Crippen LogP contribution in [-0.4, -0.2) is 86.5 Å². The van der Waals surface area contributed by atoms with Crippen LogP contribution < -0.4 is 0 Å². The molecule has 0 aromatic carbocycles. The number of hydrogen-bond donors (Lipinski definition) is 3. The quantitative estimate of drug-likeness (QED) is 0.261. The number of ether oxygens (including phenoxy) is 4. The lowest BCUT2D eigenvalue weighted by Gasteiger charge is -2.20. The van der Waals surface area contributed by atoms with Gasteiger partial charge in [-0.05, 0) is 0 Å². The molecule has 0 fully saturated rings. The van der Waals surface area contributed by atoms with E-state index in [0.29, 0.717) is 13.2 Å². The first-order valence-electron chi connectivity index (χ1n) is 7.18. The zero-order valence-corrected chi connectivity index (χ0v) is 12.9. The van der Waals surface area contributed by atoms with Crippen LogP contribution in [0.2, 0.25) is 0 Å². The van der Waals surface area contributed by atoms with Crippen LogP contribution in [0.4, 0.5) is 0 Å². The van der Waals surface area contributed by atoms with Crippen LogP contribution >= 0.6 is 0 Å². The monoisotopic (exact) mass is 320 g/mol. The smallest absolute Gasteiger partial charge is 0.104 e. The largest absolute Gasteiger partial charge is 0.394 e. The summed E-state index contributed by atoms with van der Waals surface area (Å²) in [4.78, 5) is 0. The molecule has 0 saturated heterocycles. The third-order valence-corrected chi connectivity index (χ3v) is 2.53. The third kappa shape index (κ3) is 11.8. The van der Waals surface area contributed by atoms with Gasteiger partial charge in [0.1, 0.15) is 18.3 Å². The van der Waals surface area contributed by atoms with Crippen LogP contribution in [0.1, 0.15) is 0 Å². The van der Waals surface area contributed by atoms with Crippen LogP contribution in [0.3, 0.4) is 0 Å². The Labute approximate surface area is 131 Å². The maximum absolute atomic E-state index is 9.75. The molecule has 0 radical (unpaired) electrons. The summed E-state index contributed by atoms with van der Waals surface area (Å²) in [6, 6.07) is 0. The van der Waals surface area contributed by atoms with E-state index in [9.17, 15) is 5.11 Å². The molecule has 0 aliphatic heterocycles. The fourth-order valence-electron chi connectivity index (χ4n) is 1.42. The molecule has 3 N–H and O–H groups in total. The predicted molar refractivity (Wildman–Crippen MR) is 81.7 cm³/mol. The second-order valence-electron chi connectivity index (χ2n) is 4.58. The summed E-state index contributed by atoms with van der Waals surface area (Å²) in [5, 5.41) is 28.0. The highest BCUT2D eigenvalue weighted by atomic mass is 16.6. The lowest BCUT2D eigenvalue weighted by Crippen LogP contribution is -2.33. The van der Waals surface area contributed by atoms with Crippen molar-refractivity contribution in [2.45, 2.75) is 18.3 Å². The van der Waals surface area contributed by atoms with Crippen LogP contribution in [-0.2, 0) is 18.9 Å². The molecule has 2 unspecified atom stereocenters. The second-order valence-corrected chi connectivity index (χ2v) is 4.58. The minimum Gasteiger partial charge on any atom is -0.394 e. The van der Waals surface area contributed by atoms with Crippen molar-refractivity contribution in [2.24, 2.45) is 0 Å². The van der Waals surface area contributed by atoms with E-state index in [4.69, 9.17) is 29.2 Å². The SMILES string of the molecule is C=CCOCC(CO)OCC(O)COC(CO)COCC=C. The standard InChI is InChI=1S/C15H28O7/c1-3-5-19-11-14(7-16)21-9-13(18)10-22-15(8-17)12-20-6-4-2/h3-4,13-18H,1-2,5-12H2. The second kappa shape index (κ2) is 15.1. The number of rotatable bonds is 16. The summed E-state index contributed by atoms with van der Waals surface area (Å²) in [5.41, 5.74) is 0. The summed E-state index contributed by atoms with van der Waals surface area (Å²) in [6.07, 6.45) is 1.29. The number of hydrogen-bond acceptors (Lipinski definition) is 7. The molecule has 22 heavy (non-hydrogen) atoms. The third-order valence-electron chi connectivity index (χ3n) is 2.53. The van der Waals surface area contributed by atoms with E-state index in [1.807, 2.05) is 0 Å². The lowest BCUT2D eigenvalue weighted by atomic mass is 10.3. The molecule has 130 valence electrons. The number of aliphatic hydroxyl groups is 3. The first-order valence-corrected chi connectivity index (χ1v) is 7.18. The maximum atomic E-state index is 9.75. The van der Waals surface area contributed by atoms with Crippen molar-refractivity contribution in [1.29, 1.82) is 0 Å². The highest BCUT2D eigenvalue weighted by Crippen LogP contribution is 1.99. The molecule has 7 heteroatoms. The van der Waals surface area contributed by atoms with Gasteiger partial charge in [0.05, 0.1) is 52.9 Å². The molecule has 0 aliphatic carbocycles. The highest BCUT2D eigenvalue weighted by molar-refractivity contribution is 4.67. The van der Waals surface area contributed by atoms with Gasteiger partial charge in [-0.2, -0.15) is 0 Å². The van der Waals surface area contributed by atoms with Gasteiger partial charge in [-0.25, -0.2) is 0 Å². The first kappa shape index (κ1) is 21.2. The molecule has 0 aromatic rings. The van der Waals surface area contributed by atoms with E-state index in [1.54, 1.807) is 12.2 Å². The van der Waals surface area contributed by atoms with Crippen molar-refractivity contribution in [2.75, 3.05) is 52.9 Å². The highest BCUT2D eigenvalue weighted by Gasteiger charge is 2.14. The minimum atomic E-state index is -0.873. The average molecular weight is 320 g/mol. The van der Waals surface area contributed by atoms with Gasteiger partial charge in [0.25, 0.3) is 0 Å². The van der Waals surface area contributed by atoms with E-state index in [0.717, 1.165) is 0 Å². The summed E-state index contributed by atoms with van der Waals surface area (Å²) >= 11 is 0. The van der Waals surface area contributed by atoms with Crippen LogP contribution in [0.15, 0.2) is 25.3 Å². The Kier molecular flexibility index (Phi) is 14.6. The van der Waals surface area contributed by atoms with Gasteiger partial charge in [-0.15, -0.1) is 13.2 Å². The van der Waals surface area contributed by atoms with Crippen molar-refractivity contribution in [3.05, 3.63) is 25.3 Å². The molecule has 0 rings (SSSR count). The van der Waals surface area contributed by atoms with Gasteiger partial charge in [-0.1, -0.05) is 12.2 Å². The van der Waals surface area contributed by atoms with Crippen LogP contribution in [0.25, 0.3) is 0 Å². The Morgan fingerprint density at radius 3 is 1.50 bits per heavy atom. The topological polar surface area (TPSA) is 97.6 Å². The Hall–Kier alpha value is -0.800. The van der Waals surface area contributed by atoms with Crippen molar-refractivity contribution < 1.29 is 34.3 Å². The Bertz CT molecular complexity index is 247.